The largest absolute Gasteiger partial charge is 0.490 e. The van der Waals surface area contributed by atoms with Crippen LogP contribution in [0, 0.1) is 0 Å². The van der Waals surface area contributed by atoms with Crippen LogP contribution in [0.25, 0.3) is 0 Å². The molecule has 0 atom stereocenters. The molecule has 3 rings (SSSR count). The summed E-state index contributed by atoms with van der Waals surface area (Å²) in [4.78, 5) is 12.6. The van der Waals surface area contributed by atoms with Gasteiger partial charge in [-0.05, 0) is 42.2 Å². The van der Waals surface area contributed by atoms with Crippen molar-refractivity contribution in [1.82, 2.24) is 5.32 Å². The van der Waals surface area contributed by atoms with Crippen LogP contribution >= 0.6 is 11.6 Å². The normalized spacial score (nSPS) is 10.4. The van der Waals surface area contributed by atoms with Gasteiger partial charge in [-0.2, -0.15) is 0 Å². The van der Waals surface area contributed by atoms with Gasteiger partial charge in [-0.25, -0.2) is 0 Å². The second kappa shape index (κ2) is 9.79. The minimum absolute atomic E-state index is 0.0820. The predicted octanol–water partition coefficient (Wildman–Crippen LogP) is 4.93. The molecule has 0 saturated carbocycles. The first-order valence-corrected chi connectivity index (χ1v) is 9.39. The molecule has 3 nitrogen and oxygen atoms in total. The minimum Gasteiger partial charge on any atom is -0.490 e. The van der Waals surface area contributed by atoms with Crippen molar-refractivity contribution < 1.29 is 9.53 Å². The molecule has 0 fully saturated rings. The van der Waals surface area contributed by atoms with E-state index < -0.39 is 0 Å². The lowest BCUT2D eigenvalue weighted by molar-refractivity contribution is 0.0946. The molecule has 1 N–H and O–H groups in total. The van der Waals surface area contributed by atoms with Crippen LogP contribution < -0.4 is 10.1 Å². The molecule has 0 heterocycles. The molecule has 0 aliphatic rings. The van der Waals surface area contributed by atoms with Crippen molar-refractivity contribution in [2.75, 3.05) is 13.2 Å². The molecule has 0 aromatic heterocycles. The number of carbonyl (C=O) groups excluding carboxylic acids is 1. The summed E-state index contributed by atoms with van der Waals surface area (Å²) in [6.45, 7) is 0.777. The molecule has 27 heavy (non-hydrogen) atoms. The Hall–Kier alpha value is -2.78. The van der Waals surface area contributed by atoms with E-state index in [9.17, 15) is 4.79 Å². The molecule has 0 aliphatic carbocycles. The van der Waals surface area contributed by atoms with Gasteiger partial charge in [-0.1, -0.05) is 72.3 Å². The maximum Gasteiger partial charge on any atom is 0.251 e. The topological polar surface area (TPSA) is 38.3 Å². The van der Waals surface area contributed by atoms with Crippen LogP contribution in [0.5, 0.6) is 5.75 Å². The number of hydrogen-bond acceptors (Lipinski definition) is 2. The average Bonchev–Trinajstić information content (AvgIpc) is 2.71. The molecule has 138 valence electrons. The molecule has 3 aromatic carbocycles. The smallest absolute Gasteiger partial charge is 0.251 e. The van der Waals surface area contributed by atoms with Crippen LogP contribution in [-0.2, 0) is 12.8 Å². The molecule has 1 amide bonds. The summed E-state index contributed by atoms with van der Waals surface area (Å²) in [5.74, 6) is 0.540. The van der Waals surface area contributed by atoms with Gasteiger partial charge in [0.05, 0.1) is 11.6 Å². The second-order valence-electron chi connectivity index (χ2n) is 6.18. The molecule has 0 bridgehead atoms. The van der Waals surface area contributed by atoms with Crippen LogP contribution in [0.1, 0.15) is 21.5 Å². The summed E-state index contributed by atoms with van der Waals surface area (Å²) >= 11 is 6.06. The molecule has 4 heteroatoms. The average molecular weight is 380 g/mol. The van der Waals surface area contributed by atoms with E-state index >= 15 is 0 Å². The van der Waals surface area contributed by atoms with Crippen LogP contribution in [0.3, 0.4) is 0 Å². The van der Waals surface area contributed by atoms with E-state index in [4.69, 9.17) is 16.3 Å². The monoisotopic (exact) mass is 379 g/mol. The number of rotatable bonds is 8. The van der Waals surface area contributed by atoms with Crippen molar-refractivity contribution in [3.63, 3.8) is 0 Å². The van der Waals surface area contributed by atoms with Crippen molar-refractivity contribution in [3.8, 4) is 5.75 Å². The van der Waals surface area contributed by atoms with Gasteiger partial charge in [-0.3, -0.25) is 4.79 Å². The van der Waals surface area contributed by atoms with Crippen LogP contribution in [0.15, 0.2) is 78.9 Å². The van der Waals surface area contributed by atoms with Crippen molar-refractivity contribution in [2.24, 2.45) is 0 Å². The van der Waals surface area contributed by atoms with Gasteiger partial charge < -0.3 is 10.1 Å². The standard InChI is InChI=1S/C23H22ClNO2/c24-21-12-6-7-13-22(21)27-17-16-25-23(26)20-11-5-4-10-19(20)15-14-18-8-2-1-3-9-18/h1-13H,14-17H2,(H,25,26). The predicted molar refractivity (Wildman–Crippen MR) is 110 cm³/mol. The van der Waals surface area contributed by atoms with Gasteiger partial charge in [0.25, 0.3) is 5.91 Å². The third kappa shape index (κ3) is 5.60. The molecule has 0 saturated heterocycles. The molecule has 0 radical (unpaired) electrons. The highest BCUT2D eigenvalue weighted by Gasteiger charge is 2.10. The maximum atomic E-state index is 12.6. The highest BCUT2D eigenvalue weighted by Crippen LogP contribution is 2.22. The number of para-hydroxylation sites is 1. The fourth-order valence-electron chi connectivity index (χ4n) is 2.87. The molecular formula is C23H22ClNO2. The Labute approximate surface area is 164 Å². The van der Waals surface area contributed by atoms with Gasteiger partial charge in [0.2, 0.25) is 0 Å². The molecular weight excluding hydrogens is 358 g/mol. The van der Waals surface area contributed by atoms with Crippen molar-refractivity contribution in [3.05, 3.63) is 101 Å². The highest BCUT2D eigenvalue weighted by molar-refractivity contribution is 6.32. The molecule has 0 unspecified atom stereocenters. The first kappa shape index (κ1) is 19.0. The zero-order chi connectivity index (χ0) is 18.9. The van der Waals surface area contributed by atoms with Gasteiger partial charge in [0.1, 0.15) is 12.4 Å². The number of aryl methyl sites for hydroxylation is 2. The van der Waals surface area contributed by atoms with Crippen LogP contribution in [0.4, 0.5) is 0 Å². The Morgan fingerprint density at radius 1 is 0.852 bits per heavy atom. The summed E-state index contributed by atoms with van der Waals surface area (Å²) in [6.07, 6.45) is 1.73. The van der Waals surface area contributed by atoms with Crippen molar-refractivity contribution in [2.45, 2.75) is 12.8 Å². The minimum atomic E-state index is -0.0820. The Balaban J connectivity index is 1.53. The molecule has 0 spiro atoms. The van der Waals surface area contributed by atoms with E-state index in [1.165, 1.54) is 5.56 Å². The Bertz CT molecular complexity index is 880. The van der Waals surface area contributed by atoms with Crippen molar-refractivity contribution >= 4 is 17.5 Å². The molecule has 3 aromatic rings. The maximum absolute atomic E-state index is 12.6. The number of nitrogens with one attached hydrogen (secondary N) is 1. The lowest BCUT2D eigenvalue weighted by Crippen LogP contribution is -2.29. The Kier molecular flexibility index (Phi) is 6.89. The highest BCUT2D eigenvalue weighted by atomic mass is 35.5. The van der Waals surface area contributed by atoms with E-state index in [1.807, 2.05) is 60.7 Å². The van der Waals surface area contributed by atoms with Gasteiger partial charge in [0.15, 0.2) is 0 Å². The number of benzene rings is 3. The summed E-state index contributed by atoms with van der Waals surface area (Å²) in [5, 5.41) is 3.49. The molecule has 0 aliphatic heterocycles. The fraction of sp³-hybridized carbons (Fsp3) is 0.174. The van der Waals surface area contributed by atoms with E-state index in [0.29, 0.717) is 29.5 Å². The third-order valence-electron chi connectivity index (χ3n) is 4.27. The fourth-order valence-corrected chi connectivity index (χ4v) is 3.06. The van der Waals surface area contributed by atoms with E-state index in [2.05, 4.69) is 17.4 Å². The van der Waals surface area contributed by atoms with Crippen LogP contribution in [-0.4, -0.2) is 19.1 Å². The summed E-state index contributed by atoms with van der Waals surface area (Å²) in [7, 11) is 0. The first-order valence-electron chi connectivity index (χ1n) is 9.01. The summed E-state index contributed by atoms with van der Waals surface area (Å²) < 4.78 is 5.61. The second-order valence-corrected chi connectivity index (χ2v) is 6.58. The third-order valence-corrected chi connectivity index (χ3v) is 4.58. The van der Waals surface area contributed by atoms with Crippen molar-refractivity contribution in [1.29, 1.82) is 0 Å². The van der Waals surface area contributed by atoms with Gasteiger partial charge >= 0.3 is 0 Å². The lowest BCUT2D eigenvalue weighted by Gasteiger charge is -2.11. The number of amides is 1. The van der Waals surface area contributed by atoms with E-state index in [-0.39, 0.29) is 5.91 Å². The van der Waals surface area contributed by atoms with Gasteiger partial charge in [-0.15, -0.1) is 0 Å². The number of carbonyl (C=O) groups is 1. The lowest BCUT2D eigenvalue weighted by atomic mass is 9.99. The quantitative estimate of drug-likeness (QED) is 0.563. The summed E-state index contributed by atoms with van der Waals surface area (Å²) in [5.41, 5.74) is 3.03. The zero-order valence-corrected chi connectivity index (χ0v) is 15.8. The Morgan fingerprint density at radius 3 is 2.37 bits per heavy atom. The zero-order valence-electron chi connectivity index (χ0n) is 15.0. The summed E-state index contributed by atoms with van der Waals surface area (Å²) in [6, 6.07) is 25.3. The van der Waals surface area contributed by atoms with Crippen LogP contribution in [0.2, 0.25) is 5.02 Å². The Morgan fingerprint density at radius 2 is 1.56 bits per heavy atom. The SMILES string of the molecule is O=C(NCCOc1ccccc1Cl)c1ccccc1CCc1ccccc1. The van der Waals surface area contributed by atoms with Gasteiger partial charge in [0, 0.05) is 5.56 Å². The number of hydrogen-bond donors (Lipinski definition) is 1. The van der Waals surface area contributed by atoms with E-state index in [1.54, 1.807) is 6.07 Å². The van der Waals surface area contributed by atoms with E-state index in [0.717, 1.165) is 18.4 Å². The number of halogens is 1. The first-order chi connectivity index (χ1) is 13.2. The number of ether oxygens (including phenoxy) is 1.